The molecule has 110 valence electrons. The SMILES string of the molecule is CC1CC(N)CCN1S(=O)(=O)c1cccc([N+](=O)[O-])c1. The van der Waals surface area contributed by atoms with E-state index in [0.29, 0.717) is 19.4 Å². The molecule has 20 heavy (non-hydrogen) atoms. The van der Waals surface area contributed by atoms with Gasteiger partial charge in [-0.15, -0.1) is 0 Å². The fraction of sp³-hybridized carbons (Fsp3) is 0.500. The highest BCUT2D eigenvalue weighted by Gasteiger charge is 2.33. The number of hydrogen-bond donors (Lipinski definition) is 1. The fourth-order valence-electron chi connectivity index (χ4n) is 2.44. The number of hydrogen-bond acceptors (Lipinski definition) is 5. The molecule has 1 aromatic rings. The second-order valence-electron chi connectivity index (χ2n) is 5.00. The first kappa shape index (κ1) is 14.9. The van der Waals surface area contributed by atoms with Crippen molar-refractivity contribution in [1.82, 2.24) is 4.31 Å². The zero-order valence-electron chi connectivity index (χ0n) is 11.1. The zero-order valence-corrected chi connectivity index (χ0v) is 11.9. The number of benzene rings is 1. The Hall–Kier alpha value is -1.51. The summed E-state index contributed by atoms with van der Waals surface area (Å²) in [5.74, 6) is 0. The highest BCUT2D eigenvalue weighted by atomic mass is 32.2. The zero-order chi connectivity index (χ0) is 14.9. The molecule has 0 spiro atoms. The van der Waals surface area contributed by atoms with Crippen molar-refractivity contribution in [3.8, 4) is 0 Å². The quantitative estimate of drug-likeness (QED) is 0.664. The van der Waals surface area contributed by atoms with Gasteiger partial charge in [-0.05, 0) is 25.8 Å². The van der Waals surface area contributed by atoms with Gasteiger partial charge >= 0.3 is 0 Å². The van der Waals surface area contributed by atoms with E-state index in [2.05, 4.69) is 0 Å². The van der Waals surface area contributed by atoms with Gasteiger partial charge < -0.3 is 5.73 Å². The van der Waals surface area contributed by atoms with Gasteiger partial charge in [0, 0.05) is 30.8 Å². The summed E-state index contributed by atoms with van der Waals surface area (Å²) >= 11 is 0. The van der Waals surface area contributed by atoms with Gasteiger partial charge in [-0.2, -0.15) is 4.31 Å². The molecule has 1 aromatic carbocycles. The van der Waals surface area contributed by atoms with Gasteiger partial charge in [-0.3, -0.25) is 10.1 Å². The molecule has 8 heteroatoms. The summed E-state index contributed by atoms with van der Waals surface area (Å²) in [5, 5.41) is 10.7. The Morgan fingerprint density at radius 1 is 1.45 bits per heavy atom. The summed E-state index contributed by atoms with van der Waals surface area (Å²) in [6, 6.07) is 4.92. The third kappa shape index (κ3) is 2.82. The highest BCUT2D eigenvalue weighted by Crippen LogP contribution is 2.26. The minimum Gasteiger partial charge on any atom is -0.328 e. The number of nitrogens with two attached hydrogens (primary N) is 1. The van der Waals surface area contributed by atoms with Crippen molar-refractivity contribution in [3.63, 3.8) is 0 Å². The van der Waals surface area contributed by atoms with E-state index >= 15 is 0 Å². The maximum atomic E-state index is 12.5. The lowest BCUT2D eigenvalue weighted by Crippen LogP contribution is -2.48. The lowest BCUT2D eigenvalue weighted by atomic mass is 10.0. The van der Waals surface area contributed by atoms with Crippen LogP contribution in [0.15, 0.2) is 29.2 Å². The maximum absolute atomic E-state index is 12.5. The lowest BCUT2D eigenvalue weighted by Gasteiger charge is -2.35. The summed E-state index contributed by atoms with van der Waals surface area (Å²) in [6.07, 6.45) is 1.19. The average molecular weight is 299 g/mol. The van der Waals surface area contributed by atoms with Gasteiger partial charge in [0.05, 0.1) is 9.82 Å². The van der Waals surface area contributed by atoms with E-state index < -0.39 is 14.9 Å². The number of rotatable bonds is 3. The molecule has 7 nitrogen and oxygen atoms in total. The third-order valence-corrected chi connectivity index (χ3v) is 5.50. The molecule has 2 unspecified atom stereocenters. The second kappa shape index (κ2) is 5.47. The maximum Gasteiger partial charge on any atom is 0.270 e. The summed E-state index contributed by atoms with van der Waals surface area (Å²) in [7, 11) is -3.72. The Morgan fingerprint density at radius 3 is 2.75 bits per heavy atom. The van der Waals surface area contributed by atoms with Crippen LogP contribution in [0.1, 0.15) is 19.8 Å². The van der Waals surface area contributed by atoms with Gasteiger partial charge in [0.25, 0.3) is 5.69 Å². The van der Waals surface area contributed by atoms with Crippen LogP contribution in [0.3, 0.4) is 0 Å². The van der Waals surface area contributed by atoms with E-state index in [1.165, 1.54) is 22.5 Å². The van der Waals surface area contributed by atoms with Gasteiger partial charge in [0.15, 0.2) is 0 Å². The molecule has 2 rings (SSSR count). The number of nitrogens with zero attached hydrogens (tertiary/aromatic N) is 2. The number of nitro groups is 1. The topological polar surface area (TPSA) is 107 Å². The van der Waals surface area contributed by atoms with Crippen LogP contribution in [0.25, 0.3) is 0 Å². The first-order valence-corrected chi connectivity index (χ1v) is 7.78. The van der Waals surface area contributed by atoms with Crippen LogP contribution in [-0.2, 0) is 10.0 Å². The summed E-state index contributed by atoms with van der Waals surface area (Å²) < 4.78 is 26.5. The molecular formula is C12H17N3O4S. The predicted molar refractivity (Wildman–Crippen MR) is 73.7 cm³/mol. The minimum absolute atomic E-state index is 0.00144. The van der Waals surface area contributed by atoms with E-state index in [0.717, 1.165) is 6.07 Å². The molecule has 0 amide bonds. The van der Waals surface area contributed by atoms with Gasteiger partial charge in [0.2, 0.25) is 10.0 Å². The number of piperidine rings is 1. The standard InChI is InChI=1S/C12H17N3O4S/c1-9-7-10(13)5-6-14(9)20(18,19)12-4-2-3-11(8-12)15(16)17/h2-4,8-10H,5-7,13H2,1H3. The molecule has 2 N–H and O–H groups in total. The second-order valence-corrected chi connectivity index (χ2v) is 6.89. The molecular weight excluding hydrogens is 282 g/mol. The molecule has 1 aliphatic rings. The molecule has 0 aromatic heterocycles. The van der Waals surface area contributed by atoms with Crippen molar-refractivity contribution in [2.24, 2.45) is 5.73 Å². The Balaban J connectivity index is 2.35. The summed E-state index contributed by atoms with van der Waals surface area (Å²) in [6.45, 7) is 2.14. The first-order valence-electron chi connectivity index (χ1n) is 6.34. The Morgan fingerprint density at radius 2 is 2.15 bits per heavy atom. The molecule has 2 atom stereocenters. The third-order valence-electron chi connectivity index (χ3n) is 3.49. The van der Waals surface area contributed by atoms with E-state index in [1.54, 1.807) is 6.92 Å². The average Bonchev–Trinajstić information content (AvgIpc) is 2.38. The van der Waals surface area contributed by atoms with Gasteiger partial charge in [0.1, 0.15) is 0 Å². The molecule has 0 saturated carbocycles. The van der Waals surface area contributed by atoms with Crippen molar-refractivity contribution in [2.45, 2.75) is 36.7 Å². The molecule has 0 bridgehead atoms. The Bertz CT molecular complexity index is 617. The number of nitro benzene ring substituents is 1. The molecule has 1 aliphatic heterocycles. The molecule has 0 radical (unpaired) electrons. The highest BCUT2D eigenvalue weighted by molar-refractivity contribution is 7.89. The summed E-state index contributed by atoms with van der Waals surface area (Å²) in [5.41, 5.74) is 5.59. The smallest absolute Gasteiger partial charge is 0.270 e. The molecule has 1 fully saturated rings. The van der Waals surface area contributed by atoms with Crippen LogP contribution in [0, 0.1) is 10.1 Å². The van der Waals surface area contributed by atoms with Crippen LogP contribution >= 0.6 is 0 Å². The van der Waals surface area contributed by atoms with Gasteiger partial charge in [-0.25, -0.2) is 8.42 Å². The number of non-ortho nitro benzene ring substituents is 1. The molecule has 0 aliphatic carbocycles. The minimum atomic E-state index is -3.72. The van der Waals surface area contributed by atoms with Crippen molar-refractivity contribution < 1.29 is 13.3 Å². The van der Waals surface area contributed by atoms with Crippen molar-refractivity contribution in [3.05, 3.63) is 34.4 Å². The molecule has 1 heterocycles. The Labute approximate surface area is 117 Å². The van der Waals surface area contributed by atoms with E-state index in [-0.39, 0.29) is 22.7 Å². The van der Waals surface area contributed by atoms with E-state index in [9.17, 15) is 18.5 Å². The lowest BCUT2D eigenvalue weighted by molar-refractivity contribution is -0.385. The number of sulfonamides is 1. The van der Waals surface area contributed by atoms with E-state index in [1.807, 2.05) is 0 Å². The van der Waals surface area contributed by atoms with Gasteiger partial charge in [-0.1, -0.05) is 6.07 Å². The normalized spacial score (nSPS) is 24.5. The van der Waals surface area contributed by atoms with Crippen molar-refractivity contribution in [2.75, 3.05) is 6.54 Å². The monoisotopic (exact) mass is 299 g/mol. The first-order chi connectivity index (χ1) is 9.32. The summed E-state index contributed by atoms with van der Waals surface area (Å²) in [4.78, 5) is 10.1. The van der Waals surface area contributed by atoms with Crippen LogP contribution in [0.5, 0.6) is 0 Å². The largest absolute Gasteiger partial charge is 0.328 e. The predicted octanol–water partition coefficient (Wildman–Crippen LogP) is 1.10. The van der Waals surface area contributed by atoms with Crippen LogP contribution in [0.4, 0.5) is 5.69 Å². The Kier molecular flexibility index (Phi) is 4.07. The van der Waals surface area contributed by atoms with Crippen LogP contribution < -0.4 is 5.73 Å². The van der Waals surface area contributed by atoms with Crippen LogP contribution in [-0.4, -0.2) is 36.3 Å². The van der Waals surface area contributed by atoms with Crippen molar-refractivity contribution in [1.29, 1.82) is 0 Å². The van der Waals surface area contributed by atoms with E-state index in [4.69, 9.17) is 5.73 Å². The molecule has 1 saturated heterocycles. The van der Waals surface area contributed by atoms with Crippen molar-refractivity contribution >= 4 is 15.7 Å². The van der Waals surface area contributed by atoms with Crippen LogP contribution in [0.2, 0.25) is 0 Å². The fourth-order valence-corrected chi connectivity index (χ4v) is 4.13.